The molecule has 3 heteroatoms. The Labute approximate surface area is 297 Å². The van der Waals surface area contributed by atoms with Crippen LogP contribution < -0.4 is 0 Å². The van der Waals surface area contributed by atoms with Crippen molar-refractivity contribution in [3.8, 4) is 44.5 Å². The summed E-state index contributed by atoms with van der Waals surface area (Å²) in [5.74, 6) is 0. The molecule has 0 spiro atoms. The Morgan fingerprint density at radius 3 is 1.22 bits per heavy atom. The van der Waals surface area contributed by atoms with Gasteiger partial charge in [-0.05, 0) is 84.0 Å². The molecule has 51 heavy (non-hydrogen) atoms. The third-order valence-electron chi connectivity index (χ3n) is 10.5. The van der Waals surface area contributed by atoms with E-state index >= 15 is 0 Å². The van der Waals surface area contributed by atoms with Crippen molar-refractivity contribution in [1.82, 2.24) is 0 Å². The van der Waals surface area contributed by atoms with Crippen LogP contribution in [0.3, 0.4) is 0 Å². The molecular formula is C48H28O2S. The van der Waals surface area contributed by atoms with E-state index < -0.39 is 0 Å². The number of hydrogen-bond acceptors (Lipinski definition) is 3. The average molecular weight is 669 g/mol. The van der Waals surface area contributed by atoms with E-state index in [1.165, 1.54) is 96.6 Å². The van der Waals surface area contributed by atoms with E-state index in [1.54, 1.807) is 12.5 Å². The Hall–Kier alpha value is -6.42. The molecule has 0 saturated carbocycles. The third kappa shape index (κ3) is 4.16. The van der Waals surface area contributed by atoms with Crippen LogP contribution in [0.4, 0.5) is 0 Å². The van der Waals surface area contributed by atoms with Crippen molar-refractivity contribution in [2.24, 2.45) is 0 Å². The smallest absolute Gasteiger partial charge is 0.0981 e. The van der Waals surface area contributed by atoms with Gasteiger partial charge in [-0.15, -0.1) is 11.3 Å². The van der Waals surface area contributed by atoms with Crippen LogP contribution in [0.1, 0.15) is 0 Å². The fourth-order valence-corrected chi connectivity index (χ4v) is 9.65. The monoisotopic (exact) mass is 668 g/mol. The van der Waals surface area contributed by atoms with Gasteiger partial charge in [0.2, 0.25) is 0 Å². The zero-order valence-corrected chi connectivity index (χ0v) is 28.2. The Morgan fingerprint density at radius 2 is 0.765 bits per heavy atom. The Balaban J connectivity index is 1.19. The second kappa shape index (κ2) is 11.0. The molecule has 238 valence electrons. The van der Waals surface area contributed by atoms with E-state index in [4.69, 9.17) is 8.83 Å². The van der Waals surface area contributed by atoms with Gasteiger partial charge in [-0.2, -0.15) is 0 Å². The SMILES string of the molecule is c1ccc2c(-c3ccc4sc5c(-c6c7ccccc7c(-c7ccoc7)c7ccccc67)cccc5c4c3)c3ccccc3c(-c3ccoc3)c2c1. The lowest BCUT2D eigenvalue weighted by Gasteiger charge is -2.17. The second-order valence-corrected chi connectivity index (χ2v) is 14.3. The first-order valence-corrected chi connectivity index (χ1v) is 18.0. The molecule has 3 heterocycles. The summed E-state index contributed by atoms with van der Waals surface area (Å²) < 4.78 is 13.7. The molecule has 0 aliphatic heterocycles. The van der Waals surface area contributed by atoms with Crippen molar-refractivity contribution in [3.63, 3.8) is 0 Å². The maximum Gasteiger partial charge on any atom is 0.0981 e. The minimum Gasteiger partial charge on any atom is -0.472 e. The summed E-state index contributed by atoms with van der Waals surface area (Å²) in [4.78, 5) is 0. The fraction of sp³-hybridized carbons (Fsp3) is 0. The van der Waals surface area contributed by atoms with Crippen LogP contribution in [0.5, 0.6) is 0 Å². The summed E-state index contributed by atoms with van der Waals surface area (Å²) in [6.07, 6.45) is 7.23. The molecule has 0 unspecified atom stereocenters. The zero-order valence-electron chi connectivity index (χ0n) is 27.4. The first kappa shape index (κ1) is 28.4. The van der Waals surface area contributed by atoms with Crippen molar-refractivity contribution in [1.29, 1.82) is 0 Å². The largest absolute Gasteiger partial charge is 0.472 e. The van der Waals surface area contributed by atoms with Gasteiger partial charge in [0.25, 0.3) is 0 Å². The van der Waals surface area contributed by atoms with Crippen molar-refractivity contribution < 1.29 is 8.83 Å². The van der Waals surface area contributed by atoms with Gasteiger partial charge >= 0.3 is 0 Å². The molecule has 0 bridgehead atoms. The van der Waals surface area contributed by atoms with Crippen LogP contribution >= 0.6 is 11.3 Å². The summed E-state index contributed by atoms with van der Waals surface area (Å²) in [5, 5.41) is 12.4. The van der Waals surface area contributed by atoms with Gasteiger partial charge in [0.15, 0.2) is 0 Å². The predicted octanol–water partition coefficient (Wildman–Crippen LogP) is 14.5. The van der Waals surface area contributed by atoms with E-state index in [-0.39, 0.29) is 0 Å². The number of rotatable bonds is 4. The van der Waals surface area contributed by atoms with E-state index in [2.05, 4.69) is 146 Å². The molecule has 11 rings (SSSR count). The molecule has 8 aromatic carbocycles. The van der Waals surface area contributed by atoms with Gasteiger partial charge in [0, 0.05) is 48.0 Å². The number of hydrogen-bond donors (Lipinski definition) is 0. The predicted molar refractivity (Wildman–Crippen MR) is 216 cm³/mol. The summed E-state index contributed by atoms with van der Waals surface area (Å²) in [7, 11) is 0. The van der Waals surface area contributed by atoms with Crippen LogP contribution in [-0.2, 0) is 0 Å². The van der Waals surface area contributed by atoms with Crippen molar-refractivity contribution in [2.45, 2.75) is 0 Å². The number of benzene rings is 8. The van der Waals surface area contributed by atoms with Crippen LogP contribution in [0.25, 0.3) is 108 Å². The first-order valence-electron chi connectivity index (χ1n) is 17.2. The molecule has 0 amide bonds. The van der Waals surface area contributed by atoms with Crippen molar-refractivity contribution in [2.75, 3.05) is 0 Å². The number of furan rings is 2. The van der Waals surface area contributed by atoms with E-state index in [9.17, 15) is 0 Å². The zero-order chi connectivity index (χ0) is 33.5. The third-order valence-corrected chi connectivity index (χ3v) is 11.8. The van der Waals surface area contributed by atoms with E-state index in [0.29, 0.717) is 0 Å². The molecule has 2 nitrogen and oxygen atoms in total. The fourth-order valence-electron chi connectivity index (χ4n) is 8.44. The highest BCUT2D eigenvalue weighted by Gasteiger charge is 2.21. The van der Waals surface area contributed by atoms with Crippen molar-refractivity contribution in [3.05, 3.63) is 171 Å². The quantitative estimate of drug-likeness (QED) is 0.175. The van der Waals surface area contributed by atoms with Crippen LogP contribution in [0.2, 0.25) is 0 Å². The van der Waals surface area contributed by atoms with Gasteiger partial charge in [0.05, 0.1) is 25.1 Å². The molecule has 3 aromatic heterocycles. The molecule has 0 saturated heterocycles. The van der Waals surface area contributed by atoms with E-state index in [1.807, 2.05) is 23.9 Å². The van der Waals surface area contributed by atoms with Crippen molar-refractivity contribution >= 4 is 74.6 Å². The molecular weight excluding hydrogens is 641 g/mol. The Morgan fingerprint density at radius 1 is 0.333 bits per heavy atom. The Bertz CT molecular complexity index is 3010. The van der Waals surface area contributed by atoms with Gasteiger partial charge in [-0.25, -0.2) is 0 Å². The van der Waals surface area contributed by atoms with Crippen LogP contribution in [-0.4, -0.2) is 0 Å². The topological polar surface area (TPSA) is 26.3 Å². The molecule has 0 aliphatic rings. The number of thiophene rings is 1. The highest BCUT2D eigenvalue weighted by atomic mass is 32.1. The molecule has 11 aromatic rings. The average Bonchev–Trinajstić information content (AvgIpc) is 3.98. The van der Waals surface area contributed by atoms with Gasteiger partial charge < -0.3 is 8.83 Å². The second-order valence-electron chi connectivity index (χ2n) is 13.2. The summed E-state index contributed by atoms with van der Waals surface area (Å²) in [6, 6.07) is 53.2. The number of fused-ring (bicyclic) bond motifs is 7. The maximum atomic E-state index is 5.58. The Kier molecular flexibility index (Phi) is 6.16. The lowest BCUT2D eigenvalue weighted by molar-refractivity contribution is 0.568. The molecule has 0 aliphatic carbocycles. The van der Waals surface area contributed by atoms with Crippen LogP contribution in [0.15, 0.2) is 179 Å². The van der Waals surface area contributed by atoms with E-state index in [0.717, 1.165) is 11.1 Å². The summed E-state index contributed by atoms with van der Waals surface area (Å²) in [5.41, 5.74) is 9.64. The first-order chi connectivity index (χ1) is 25.3. The molecule has 0 N–H and O–H groups in total. The minimum atomic E-state index is 1.10. The minimum absolute atomic E-state index is 1.10. The highest BCUT2D eigenvalue weighted by Crippen LogP contribution is 2.49. The van der Waals surface area contributed by atoms with Gasteiger partial charge in [-0.1, -0.05) is 121 Å². The van der Waals surface area contributed by atoms with Gasteiger partial charge in [-0.3, -0.25) is 0 Å². The van der Waals surface area contributed by atoms with Gasteiger partial charge in [0.1, 0.15) is 0 Å². The standard InChI is InChI=1S/C48H28O2S/c1-3-12-34-32(10-1)44(33-11-2-4-13-35(33)45(34)30-22-24-49-27-30)29-20-21-43-42(26-29)40-18-9-19-41(48(40)51-43)47-38-16-7-5-14-36(38)46(31-23-25-50-28-31)37-15-6-8-17-39(37)47/h1-28H. The lowest BCUT2D eigenvalue weighted by atomic mass is 9.86. The molecule has 0 fully saturated rings. The molecule has 0 radical (unpaired) electrons. The summed E-state index contributed by atoms with van der Waals surface area (Å²) >= 11 is 1.89. The van der Waals surface area contributed by atoms with Crippen LogP contribution in [0, 0.1) is 0 Å². The molecule has 0 atom stereocenters. The summed E-state index contributed by atoms with van der Waals surface area (Å²) in [6.45, 7) is 0. The maximum absolute atomic E-state index is 5.58. The normalized spacial score (nSPS) is 11.9. The highest BCUT2D eigenvalue weighted by molar-refractivity contribution is 7.26. The lowest BCUT2D eigenvalue weighted by Crippen LogP contribution is -1.90.